The molecule has 0 spiro atoms. The second kappa shape index (κ2) is 5.70. The second-order valence-electron chi connectivity index (χ2n) is 3.99. The number of hydrogen-bond acceptors (Lipinski definition) is 3. The maximum absolute atomic E-state index is 12.4. The van der Waals surface area contributed by atoms with Gasteiger partial charge in [0.05, 0.1) is 5.69 Å². The van der Waals surface area contributed by atoms with E-state index in [1.165, 1.54) is 22.8 Å². The Kier molecular flexibility index (Phi) is 4.17. The molecule has 4 nitrogen and oxygen atoms in total. The first-order valence-corrected chi connectivity index (χ1v) is 6.25. The Bertz CT molecular complexity index is 598. The van der Waals surface area contributed by atoms with Crippen molar-refractivity contribution in [3.05, 3.63) is 35.4 Å². The van der Waals surface area contributed by atoms with Crippen LogP contribution in [0.2, 0.25) is 5.28 Å². The molecule has 8 heteroatoms. The minimum absolute atomic E-state index is 0.00771. The van der Waals surface area contributed by atoms with E-state index in [9.17, 15) is 13.2 Å². The van der Waals surface area contributed by atoms with Crippen LogP contribution in [0.15, 0.2) is 24.3 Å². The standard InChI is InChI=1S/C12H11ClF3N3O/c1-2-5-10-17-18-11(13)19(10)8-6-3-4-7-9(8)20-12(14,15)16/h3-4,6-7H,2,5H2,1H3. The van der Waals surface area contributed by atoms with Crippen molar-refractivity contribution in [3.8, 4) is 11.4 Å². The molecule has 0 N–H and O–H groups in total. The van der Waals surface area contributed by atoms with Crippen molar-refractivity contribution in [2.75, 3.05) is 0 Å². The molecule has 0 saturated carbocycles. The molecule has 1 aromatic heterocycles. The third-order valence-electron chi connectivity index (χ3n) is 2.50. The van der Waals surface area contributed by atoms with Gasteiger partial charge in [-0.2, -0.15) is 0 Å². The van der Waals surface area contributed by atoms with Crippen LogP contribution in [0.4, 0.5) is 13.2 Å². The molecule has 0 aliphatic heterocycles. The highest BCUT2D eigenvalue weighted by atomic mass is 35.5. The van der Waals surface area contributed by atoms with Gasteiger partial charge in [0.1, 0.15) is 5.82 Å². The Hall–Kier alpha value is -1.76. The van der Waals surface area contributed by atoms with Crippen molar-refractivity contribution in [1.82, 2.24) is 14.8 Å². The van der Waals surface area contributed by atoms with Gasteiger partial charge in [-0.15, -0.1) is 23.4 Å². The summed E-state index contributed by atoms with van der Waals surface area (Å²) in [5.74, 6) is 0.134. The fourth-order valence-electron chi connectivity index (χ4n) is 1.77. The molecular weight excluding hydrogens is 295 g/mol. The minimum atomic E-state index is -4.78. The molecule has 0 fully saturated rings. The van der Waals surface area contributed by atoms with Gasteiger partial charge >= 0.3 is 6.36 Å². The van der Waals surface area contributed by atoms with Crippen molar-refractivity contribution >= 4 is 11.6 Å². The first-order valence-electron chi connectivity index (χ1n) is 5.87. The van der Waals surface area contributed by atoms with Gasteiger partial charge in [0.25, 0.3) is 0 Å². The smallest absolute Gasteiger partial charge is 0.404 e. The fraction of sp³-hybridized carbons (Fsp3) is 0.333. The molecule has 2 aromatic rings. The summed E-state index contributed by atoms with van der Waals surface area (Å²) >= 11 is 5.91. The van der Waals surface area contributed by atoms with Crippen molar-refractivity contribution in [3.63, 3.8) is 0 Å². The Morgan fingerprint density at radius 3 is 2.60 bits per heavy atom. The Labute approximate surface area is 118 Å². The van der Waals surface area contributed by atoms with Gasteiger partial charge in [-0.05, 0) is 30.2 Å². The molecule has 20 heavy (non-hydrogen) atoms. The lowest BCUT2D eigenvalue weighted by atomic mass is 10.2. The van der Waals surface area contributed by atoms with E-state index in [2.05, 4.69) is 14.9 Å². The molecule has 0 amide bonds. The average molecular weight is 306 g/mol. The topological polar surface area (TPSA) is 39.9 Å². The minimum Gasteiger partial charge on any atom is -0.404 e. The zero-order chi connectivity index (χ0) is 14.8. The van der Waals surface area contributed by atoms with Crippen molar-refractivity contribution in [1.29, 1.82) is 0 Å². The Morgan fingerprint density at radius 2 is 1.95 bits per heavy atom. The van der Waals surface area contributed by atoms with Crippen LogP contribution in [0.5, 0.6) is 5.75 Å². The highest BCUT2D eigenvalue weighted by Crippen LogP contribution is 2.31. The van der Waals surface area contributed by atoms with Crippen LogP contribution in [0, 0.1) is 0 Å². The van der Waals surface area contributed by atoms with Crippen LogP contribution in [-0.4, -0.2) is 21.1 Å². The van der Waals surface area contributed by atoms with E-state index in [4.69, 9.17) is 11.6 Å². The van der Waals surface area contributed by atoms with Gasteiger partial charge in [-0.1, -0.05) is 19.1 Å². The molecular formula is C12H11ClF3N3O. The zero-order valence-electron chi connectivity index (χ0n) is 10.5. The van der Waals surface area contributed by atoms with E-state index in [1.807, 2.05) is 6.92 Å². The van der Waals surface area contributed by atoms with Crippen molar-refractivity contribution in [2.24, 2.45) is 0 Å². The Morgan fingerprint density at radius 1 is 1.25 bits per heavy atom. The number of para-hydroxylation sites is 2. The molecule has 0 unspecified atom stereocenters. The third-order valence-corrected chi connectivity index (χ3v) is 2.74. The number of aryl methyl sites for hydroxylation is 1. The number of alkyl halides is 3. The lowest BCUT2D eigenvalue weighted by Gasteiger charge is -2.15. The van der Waals surface area contributed by atoms with Gasteiger partial charge in [0.2, 0.25) is 5.28 Å². The number of ether oxygens (including phenoxy) is 1. The maximum atomic E-state index is 12.4. The number of rotatable bonds is 4. The van der Waals surface area contributed by atoms with E-state index in [0.717, 1.165) is 6.42 Å². The molecule has 0 aliphatic rings. The predicted octanol–water partition coefficient (Wildman–Crippen LogP) is 3.77. The van der Waals surface area contributed by atoms with Crippen LogP contribution < -0.4 is 4.74 Å². The highest BCUT2D eigenvalue weighted by molar-refractivity contribution is 6.28. The summed E-state index contributed by atoms with van der Waals surface area (Å²) < 4.78 is 42.6. The van der Waals surface area contributed by atoms with Gasteiger partial charge in [-0.3, -0.25) is 4.57 Å². The number of nitrogens with zero attached hydrogens (tertiary/aromatic N) is 3. The van der Waals surface area contributed by atoms with Gasteiger partial charge < -0.3 is 4.74 Å². The maximum Gasteiger partial charge on any atom is 0.573 e. The SMILES string of the molecule is CCCc1nnc(Cl)n1-c1ccccc1OC(F)(F)F. The summed E-state index contributed by atoms with van der Waals surface area (Å²) in [6.45, 7) is 1.92. The molecule has 0 atom stereocenters. The summed E-state index contributed by atoms with van der Waals surface area (Å²) in [6.07, 6.45) is -3.47. The van der Waals surface area contributed by atoms with Gasteiger partial charge in [-0.25, -0.2) is 0 Å². The lowest BCUT2D eigenvalue weighted by molar-refractivity contribution is -0.274. The van der Waals surface area contributed by atoms with Gasteiger partial charge in [0.15, 0.2) is 5.75 Å². The van der Waals surface area contributed by atoms with Crippen molar-refractivity contribution in [2.45, 2.75) is 26.1 Å². The summed E-state index contributed by atoms with van der Waals surface area (Å²) in [7, 11) is 0. The monoisotopic (exact) mass is 305 g/mol. The molecule has 0 radical (unpaired) electrons. The first-order chi connectivity index (χ1) is 9.42. The zero-order valence-corrected chi connectivity index (χ0v) is 11.2. The fourth-order valence-corrected chi connectivity index (χ4v) is 2.00. The molecule has 108 valence electrons. The second-order valence-corrected chi connectivity index (χ2v) is 4.32. The van der Waals surface area contributed by atoms with Gasteiger partial charge in [0, 0.05) is 6.42 Å². The first kappa shape index (κ1) is 14.6. The van der Waals surface area contributed by atoms with E-state index >= 15 is 0 Å². The van der Waals surface area contributed by atoms with E-state index < -0.39 is 6.36 Å². The summed E-state index contributed by atoms with van der Waals surface area (Å²) in [6, 6.07) is 5.72. The number of aromatic nitrogens is 3. The normalized spacial score (nSPS) is 11.7. The summed E-state index contributed by atoms with van der Waals surface area (Å²) in [5, 5.41) is 7.55. The number of hydrogen-bond donors (Lipinski definition) is 0. The summed E-state index contributed by atoms with van der Waals surface area (Å²) in [4.78, 5) is 0. The van der Waals surface area contributed by atoms with Crippen LogP contribution in [0.3, 0.4) is 0 Å². The summed E-state index contributed by atoms with van der Waals surface area (Å²) in [5.41, 5.74) is 0.156. The van der Waals surface area contributed by atoms with Crippen LogP contribution in [0.1, 0.15) is 19.2 Å². The van der Waals surface area contributed by atoms with Crippen molar-refractivity contribution < 1.29 is 17.9 Å². The largest absolute Gasteiger partial charge is 0.573 e. The van der Waals surface area contributed by atoms with E-state index in [-0.39, 0.29) is 16.7 Å². The van der Waals surface area contributed by atoms with E-state index in [0.29, 0.717) is 12.2 Å². The molecule has 0 aliphatic carbocycles. The van der Waals surface area contributed by atoms with Crippen LogP contribution in [0.25, 0.3) is 5.69 Å². The molecule has 1 heterocycles. The average Bonchev–Trinajstić information content (AvgIpc) is 2.70. The third kappa shape index (κ3) is 3.22. The predicted molar refractivity (Wildman–Crippen MR) is 67.0 cm³/mol. The number of halogens is 4. The molecule has 1 aromatic carbocycles. The molecule has 2 rings (SSSR count). The highest BCUT2D eigenvalue weighted by Gasteiger charge is 2.32. The lowest BCUT2D eigenvalue weighted by Crippen LogP contribution is -2.18. The van der Waals surface area contributed by atoms with Crippen LogP contribution in [-0.2, 0) is 6.42 Å². The quantitative estimate of drug-likeness (QED) is 0.863. The molecule has 0 bridgehead atoms. The van der Waals surface area contributed by atoms with E-state index in [1.54, 1.807) is 6.07 Å². The van der Waals surface area contributed by atoms with Crippen LogP contribution >= 0.6 is 11.6 Å². The molecule has 0 saturated heterocycles. The Balaban J connectivity index is 2.50. The number of benzene rings is 1.